The van der Waals surface area contributed by atoms with Crippen LogP contribution in [0.4, 0.5) is 0 Å². The van der Waals surface area contributed by atoms with Crippen molar-refractivity contribution in [2.75, 3.05) is 7.11 Å². The minimum absolute atomic E-state index is 0.122. The first-order valence-corrected chi connectivity index (χ1v) is 6.82. The zero-order valence-corrected chi connectivity index (χ0v) is 12.2. The lowest BCUT2D eigenvalue weighted by Crippen LogP contribution is -2.03. The second kappa shape index (κ2) is 4.81. The van der Waals surface area contributed by atoms with Gasteiger partial charge in [0, 0.05) is 16.3 Å². The van der Waals surface area contributed by atoms with E-state index in [0.29, 0.717) is 22.3 Å². The van der Waals surface area contributed by atoms with Crippen molar-refractivity contribution in [3.05, 3.63) is 45.8 Å². The van der Waals surface area contributed by atoms with Gasteiger partial charge in [-0.3, -0.25) is 0 Å². The first kappa shape index (κ1) is 13.5. The van der Waals surface area contributed by atoms with Crippen LogP contribution in [0.3, 0.4) is 0 Å². The highest BCUT2D eigenvalue weighted by Crippen LogP contribution is 2.33. The highest BCUT2D eigenvalue weighted by Gasteiger charge is 2.15. The van der Waals surface area contributed by atoms with Gasteiger partial charge in [0.2, 0.25) is 0 Å². The van der Waals surface area contributed by atoms with Crippen LogP contribution in [0.15, 0.2) is 33.5 Å². The average molecular weight is 284 g/mol. The van der Waals surface area contributed by atoms with Gasteiger partial charge in [0.1, 0.15) is 17.1 Å². The maximum atomic E-state index is 12.3. The first-order chi connectivity index (χ1) is 10.1. The number of phenolic OH excluding ortho intramolecular Hbond substituents is 1. The maximum Gasteiger partial charge on any atom is 0.344 e. The van der Waals surface area contributed by atoms with Crippen LogP contribution in [0, 0.1) is 6.92 Å². The summed E-state index contributed by atoms with van der Waals surface area (Å²) in [6.45, 7) is 3.77. The number of methoxy groups -OCH3 is 1. The van der Waals surface area contributed by atoms with Gasteiger partial charge in [-0.05, 0) is 43.2 Å². The van der Waals surface area contributed by atoms with Gasteiger partial charge in [-0.25, -0.2) is 4.79 Å². The molecule has 3 aromatic rings. The number of benzene rings is 2. The minimum atomic E-state index is -0.417. The number of hydrogen-bond donors (Lipinski definition) is 1. The van der Waals surface area contributed by atoms with E-state index in [9.17, 15) is 9.90 Å². The van der Waals surface area contributed by atoms with Gasteiger partial charge >= 0.3 is 5.63 Å². The van der Waals surface area contributed by atoms with Crippen molar-refractivity contribution in [3.63, 3.8) is 0 Å². The predicted octanol–water partition coefficient (Wildman–Crippen LogP) is 3.53. The van der Waals surface area contributed by atoms with Crippen LogP contribution in [0.2, 0.25) is 0 Å². The van der Waals surface area contributed by atoms with Crippen molar-refractivity contribution in [1.82, 2.24) is 0 Å². The second-order valence-electron chi connectivity index (χ2n) is 5.04. The van der Waals surface area contributed by atoms with Crippen LogP contribution >= 0.6 is 0 Å². The van der Waals surface area contributed by atoms with Gasteiger partial charge in [0.25, 0.3) is 0 Å². The fraction of sp³-hybridized carbons (Fsp3) is 0.235. The van der Waals surface area contributed by atoms with E-state index in [2.05, 4.69) is 0 Å². The third kappa shape index (κ3) is 1.95. The third-order valence-corrected chi connectivity index (χ3v) is 3.87. The van der Waals surface area contributed by atoms with Crippen LogP contribution in [0.25, 0.3) is 21.7 Å². The number of rotatable bonds is 2. The maximum absolute atomic E-state index is 12.3. The largest absolute Gasteiger partial charge is 0.508 e. The second-order valence-corrected chi connectivity index (χ2v) is 5.04. The number of phenols is 1. The average Bonchev–Trinajstić information content (AvgIpc) is 2.50. The number of aryl methyl sites for hydroxylation is 2. The summed E-state index contributed by atoms with van der Waals surface area (Å²) in [5, 5.41) is 12.0. The van der Waals surface area contributed by atoms with E-state index in [1.165, 1.54) is 0 Å². The topological polar surface area (TPSA) is 59.7 Å². The van der Waals surface area contributed by atoms with E-state index < -0.39 is 5.63 Å². The fourth-order valence-electron chi connectivity index (χ4n) is 2.71. The summed E-state index contributed by atoms with van der Waals surface area (Å²) >= 11 is 0. The van der Waals surface area contributed by atoms with E-state index in [1.54, 1.807) is 32.2 Å². The molecule has 3 rings (SSSR count). The summed E-state index contributed by atoms with van der Waals surface area (Å²) in [5.74, 6) is 0.762. The number of fused-ring (bicyclic) bond motifs is 3. The molecule has 0 amide bonds. The Morgan fingerprint density at radius 1 is 1.24 bits per heavy atom. The predicted molar refractivity (Wildman–Crippen MR) is 82.3 cm³/mol. The van der Waals surface area contributed by atoms with Crippen molar-refractivity contribution >= 4 is 21.7 Å². The van der Waals surface area contributed by atoms with Crippen LogP contribution < -0.4 is 10.4 Å². The molecule has 0 fully saturated rings. The van der Waals surface area contributed by atoms with Crippen LogP contribution in [-0.4, -0.2) is 12.2 Å². The molecule has 21 heavy (non-hydrogen) atoms. The number of aromatic hydroxyl groups is 1. The van der Waals surface area contributed by atoms with Crippen molar-refractivity contribution in [3.8, 4) is 11.5 Å². The Hall–Kier alpha value is -2.49. The van der Waals surface area contributed by atoms with E-state index in [0.717, 1.165) is 22.8 Å². The summed E-state index contributed by atoms with van der Waals surface area (Å²) in [7, 11) is 1.57. The zero-order valence-electron chi connectivity index (χ0n) is 12.2. The van der Waals surface area contributed by atoms with Gasteiger partial charge in [-0.2, -0.15) is 0 Å². The van der Waals surface area contributed by atoms with Gasteiger partial charge in [0.05, 0.1) is 12.5 Å². The molecule has 0 aliphatic heterocycles. The monoisotopic (exact) mass is 284 g/mol. The number of ether oxygens (including phenoxy) is 1. The summed E-state index contributed by atoms with van der Waals surface area (Å²) in [6.07, 6.45) is 0.770. The molecule has 0 unspecified atom stereocenters. The molecule has 108 valence electrons. The van der Waals surface area contributed by atoms with Crippen LogP contribution in [0.5, 0.6) is 11.5 Å². The Labute approximate surface area is 121 Å². The molecule has 1 aromatic heterocycles. The molecule has 0 bridgehead atoms. The Kier molecular flexibility index (Phi) is 3.09. The van der Waals surface area contributed by atoms with E-state index in [4.69, 9.17) is 9.15 Å². The molecule has 0 aliphatic rings. The van der Waals surface area contributed by atoms with E-state index >= 15 is 0 Å². The molecule has 4 heteroatoms. The zero-order chi connectivity index (χ0) is 15.1. The molecule has 1 N–H and O–H groups in total. The van der Waals surface area contributed by atoms with Crippen LogP contribution in [-0.2, 0) is 6.42 Å². The Morgan fingerprint density at radius 3 is 2.67 bits per heavy atom. The van der Waals surface area contributed by atoms with Gasteiger partial charge in [0.15, 0.2) is 0 Å². The summed E-state index contributed by atoms with van der Waals surface area (Å²) in [5.41, 5.74) is 1.61. The van der Waals surface area contributed by atoms with Crippen molar-refractivity contribution in [2.24, 2.45) is 0 Å². The fourth-order valence-corrected chi connectivity index (χ4v) is 2.71. The standard InChI is InChI=1S/C17H16O4/c1-4-10-7-11(20-3)8-13-15(10)12-5-6-14(18)9(2)16(12)21-17(13)19/h5-8,18H,4H2,1-3H3. The lowest BCUT2D eigenvalue weighted by molar-refractivity contribution is 0.415. The van der Waals surface area contributed by atoms with Crippen molar-refractivity contribution < 1.29 is 14.3 Å². The van der Waals surface area contributed by atoms with Gasteiger partial charge < -0.3 is 14.3 Å². The Morgan fingerprint density at radius 2 is 2.00 bits per heavy atom. The van der Waals surface area contributed by atoms with Crippen molar-refractivity contribution in [2.45, 2.75) is 20.3 Å². The third-order valence-electron chi connectivity index (χ3n) is 3.87. The quantitative estimate of drug-likeness (QED) is 0.577. The Balaban J connectivity index is 2.60. The van der Waals surface area contributed by atoms with E-state index in [1.807, 2.05) is 13.0 Å². The molecule has 0 spiro atoms. The molecule has 0 saturated heterocycles. The highest BCUT2D eigenvalue weighted by molar-refractivity contribution is 6.07. The normalized spacial score (nSPS) is 11.2. The number of hydrogen-bond acceptors (Lipinski definition) is 4. The van der Waals surface area contributed by atoms with Gasteiger partial charge in [-0.15, -0.1) is 0 Å². The molecule has 0 aliphatic carbocycles. The summed E-state index contributed by atoms with van der Waals surface area (Å²) < 4.78 is 10.7. The molecule has 0 saturated carbocycles. The first-order valence-electron chi connectivity index (χ1n) is 6.82. The molecule has 2 aromatic carbocycles. The molecule has 1 heterocycles. The molecule has 0 atom stereocenters. The molecule has 0 radical (unpaired) electrons. The lowest BCUT2D eigenvalue weighted by Gasteiger charge is -2.11. The van der Waals surface area contributed by atoms with E-state index in [-0.39, 0.29) is 5.75 Å². The van der Waals surface area contributed by atoms with Crippen molar-refractivity contribution in [1.29, 1.82) is 0 Å². The SMILES string of the molecule is CCc1cc(OC)cc2c(=O)oc3c(C)c(O)ccc3c12. The smallest absolute Gasteiger partial charge is 0.344 e. The lowest BCUT2D eigenvalue weighted by atomic mass is 9.98. The van der Waals surface area contributed by atoms with Crippen LogP contribution in [0.1, 0.15) is 18.1 Å². The van der Waals surface area contributed by atoms with Gasteiger partial charge in [-0.1, -0.05) is 6.92 Å². The molecule has 4 nitrogen and oxygen atoms in total. The Bertz CT molecular complexity index is 906. The minimum Gasteiger partial charge on any atom is -0.508 e. The molecular formula is C17H16O4. The summed E-state index contributed by atoms with van der Waals surface area (Å²) in [6, 6.07) is 7.04. The molecular weight excluding hydrogens is 268 g/mol. The highest BCUT2D eigenvalue weighted by atomic mass is 16.5. The summed E-state index contributed by atoms with van der Waals surface area (Å²) in [4.78, 5) is 12.3.